The SMILES string of the molecule is CCCCC(=O)N[C@@H](CF)C(=O)O. The van der Waals surface area contributed by atoms with Crippen molar-refractivity contribution in [2.45, 2.75) is 32.2 Å². The number of hydrogen-bond acceptors (Lipinski definition) is 2. The Labute approximate surface area is 76.1 Å². The summed E-state index contributed by atoms with van der Waals surface area (Å²) in [6.45, 7) is 0.838. The molecule has 0 rings (SSSR count). The summed E-state index contributed by atoms with van der Waals surface area (Å²) in [5, 5.41) is 10.5. The van der Waals surface area contributed by atoms with Gasteiger partial charge in [0.2, 0.25) is 5.91 Å². The van der Waals surface area contributed by atoms with Crippen LogP contribution in [0, 0.1) is 0 Å². The smallest absolute Gasteiger partial charge is 0.328 e. The minimum absolute atomic E-state index is 0.250. The first-order valence-corrected chi connectivity index (χ1v) is 4.20. The molecule has 76 valence electrons. The van der Waals surface area contributed by atoms with Crippen LogP contribution in [0.4, 0.5) is 4.39 Å². The quantitative estimate of drug-likeness (QED) is 0.650. The fourth-order valence-electron chi connectivity index (χ4n) is 0.770. The number of rotatable bonds is 6. The van der Waals surface area contributed by atoms with Crippen molar-refractivity contribution in [2.75, 3.05) is 6.67 Å². The van der Waals surface area contributed by atoms with E-state index >= 15 is 0 Å². The fraction of sp³-hybridized carbons (Fsp3) is 0.750. The van der Waals surface area contributed by atoms with Crippen molar-refractivity contribution in [3.8, 4) is 0 Å². The van der Waals surface area contributed by atoms with Gasteiger partial charge in [0, 0.05) is 6.42 Å². The maximum absolute atomic E-state index is 12.0. The molecule has 0 aliphatic heterocycles. The average Bonchev–Trinajstić information content (AvgIpc) is 2.10. The molecule has 0 radical (unpaired) electrons. The summed E-state index contributed by atoms with van der Waals surface area (Å²) >= 11 is 0. The Bertz CT molecular complexity index is 184. The predicted molar refractivity (Wildman–Crippen MR) is 45.1 cm³/mol. The summed E-state index contributed by atoms with van der Waals surface area (Å²) in [7, 11) is 0. The molecule has 0 saturated carbocycles. The average molecular weight is 191 g/mol. The second kappa shape index (κ2) is 6.39. The number of carbonyl (C=O) groups is 2. The Morgan fingerprint density at radius 3 is 2.54 bits per heavy atom. The Kier molecular flexibility index (Phi) is 5.84. The van der Waals surface area contributed by atoms with Crippen LogP contribution < -0.4 is 5.32 Å². The van der Waals surface area contributed by atoms with Gasteiger partial charge in [-0.05, 0) is 6.42 Å². The van der Waals surface area contributed by atoms with Gasteiger partial charge in [0.25, 0.3) is 0 Å². The lowest BCUT2D eigenvalue weighted by Crippen LogP contribution is -2.42. The van der Waals surface area contributed by atoms with Crippen LogP contribution >= 0.6 is 0 Å². The van der Waals surface area contributed by atoms with Crippen LogP contribution in [0.1, 0.15) is 26.2 Å². The molecule has 1 amide bonds. The molecule has 0 spiro atoms. The first-order valence-electron chi connectivity index (χ1n) is 4.20. The summed E-state index contributed by atoms with van der Waals surface area (Å²) in [5.74, 6) is -1.75. The van der Waals surface area contributed by atoms with Gasteiger partial charge in [0.05, 0.1) is 0 Å². The van der Waals surface area contributed by atoms with E-state index in [0.29, 0.717) is 6.42 Å². The van der Waals surface area contributed by atoms with Gasteiger partial charge in [-0.2, -0.15) is 0 Å². The second-order valence-corrected chi connectivity index (χ2v) is 2.72. The minimum atomic E-state index is -1.40. The molecule has 0 unspecified atom stereocenters. The van der Waals surface area contributed by atoms with Crippen molar-refractivity contribution in [1.82, 2.24) is 5.32 Å². The number of nitrogens with one attached hydrogen (secondary N) is 1. The Balaban J connectivity index is 3.80. The lowest BCUT2D eigenvalue weighted by molar-refractivity contribution is -0.142. The molecule has 13 heavy (non-hydrogen) atoms. The highest BCUT2D eigenvalue weighted by atomic mass is 19.1. The molecule has 0 aromatic rings. The Morgan fingerprint density at radius 2 is 2.15 bits per heavy atom. The monoisotopic (exact) mass is 191 g/mol. The van der Waals surface area contributed by atoms with E-state index in [1.54, 1.807) is 0 Å². The summed E-state index contributed by atoms with van der Waals surface area (Å²) in [6, 6.07) is -1.40. The summed E-state index contributed by atoms with van der Waals surface area (Å²) < 4.78 is 12.0. The minimum Gasteiger partial charge on any atom is -0.480 e. The van der Waals surface area contributed by atoms with E-state index in [4.69, 9.17) is 5.11 Å². The molecule has 4 nitrogen and oxygen atoms in total. The third kappa shape index (κ3) is 5.16. The number of alkyl halides is 1. The van der Waals surface area contributed by atoms with E-state index in [9.17, 15) is 14.0 Å². The van der Waals surface area contributed by atoms with Gasteiger partial charge >= 0.3 is 5.97 Å². The zero-order valence-corrected chi connectivity index (χ0v) is 7.55. The molecular formula is C8H14FNO3. The van der Waals surface area contributed by atoms with Crippen molar-refractivity contribution in [3.05, 3.63) is 0 Å². The van der Waals surface area contributed by atoms with Gasteiger partial charge in [-0.3, -0.25) is 4.79 Å². The van der Waals surface area contributed by atoms with E-state index in [-0.39, 0.29) is 6.42 Å². The summed E-state index contributed by atoms with van der Waals surface area (Å²) in [4.78, 5) is 21.2. The van der Waals surface area contributed by atoms with Crippen molar-refractivity contribution in [2.24, 2.45) is 0 Å². The molecule has 1 atom stereocenters. The zero-order chi connectivity index (χ0) is 10.3. The molecule has 0 aliphatic carbocycles. The Hall–Kier alpha value is -1.13. The van der Waals surface area contributed by atoms with Crippen LogP contribution in [-0.2, 0) is 9.59 Å². The number of aliphatic carboxylic acids is 1. The van der Waals surface area contributed by atoms with Gasteiger partial charge in [0.15, 0.2) is 6.04 Å². The number of carboxylic acid groups (broad SMARTS) is 1. The molecule has 2 N–H and O–H groups in total. The van der Waals surface area contributed by atoms with Gasteiger partial charge < -0.3 is 10.4 Å². The van der Waals surface area contributed by atoms with Gasteiger partial charge in [0.1, 0.15) is 6.67 Å². The van der Waals surface area contributed by atoms with Crippen molar-refractivity contribution in [3.63, 3.8) is 0 Å². The van der Waals surface area contributed by atoms with Crippen LogP contribution in [0.25, 0.3) is 0 Å². The first-order chi connectivity index (χ1) is 6.11. The first kappa shape index (κ1) is 11.9. The maximum atomic E-state index is 12.0. The van der Waals surface area contributed by atoms with Gasteiger partial charge in [-0.25, -0.2) is 9.18 Å². The topological polar surface area (TPSA) is 66.4 Å². The molecular weight excluding hydrogens is 177 g/mol. The number of carbonyl (C=O) groups excluding carboxylic acids is 1. The van der Waals surface area contributed by atoms with Gasteiger partial charge in [-0.1, -0.05) is 13.3 Å². The molecule has 0 bridgehead atoms. The molecule has 0 saturated heterocycles. The van der Waals surface area contributed by atoms with Crippen LogP contribution in [0.5, 0.6) is 0 Å². The van der Waals surface area contributed by atoms with E-state index in [1.807, 2.05) is 6.92 Å². The predicted octanol–water partition coefficient (Wildman–Crippen LogP) is 0.716. The molecule has 0 fully saturated rings. The van der Waals surface area contributed by atoms with Crippen molar-refractivity contribution >= 4 is 11.9 Å². The molecule has 0 heterocycles. The number of unbranched alkanes of at least 4 members (excludes halogenated alkanes) is 1. The van der Waals surface area contributed by atoms with Crippen molar-refractivity contribution < 1.29 is 19.1 Å². The Morgan fingerprint density at radius 1 is 1.54 bits per heavy atom. The summed E-state index contributed by atoms with van der Waals surface area (Å²) in [5.41, 5.74) is 0. The van der Waals surface area contributed by atoms with Crippen LogP contribution in [-0.4, -0.2) is 29.7 Å². The molecule has 0 aliphatic rings. The third-order valence-corrected chi connectivity index (χ3v) is 1.55. The molecule has 0 aromatic carbocycles. The number of amides is 1. The fourth-order valence-corrected chi connectivity index (χ4v) is 0.770. The molecule has 5 heteroatoms. The lowest BCUT2D eigenvalue weighted by Gasteiger charge is -2.09. The zero-order valence-electron chi connectivity index (χ0n) is 7.55. The van der Waals surface area contributed by atoms with Crippen LogP contribution in [0.2, 0.25) is 0 Å². The second-order valence-electron chi connectivity index (χ2n) is 2.72. The van der Waals surface area contributed by atoms with Crippen LogP contribution in [0.15, 0.2) is 0 Å². The highest BCUT2D eigenvalue weighted by molar-refractivity contribution is 5.83. The number of halogens is 1. The van der Waals surface area contributed by atoms with Gasteiger partial charge in [-0.15, -0.1) is 0 Å². The third-order valence-electron chi connectivity index (χ3n) is 1.55. The largest absolute Gasteiger partial charge is 0.480 e. The summed E-state index contributed by atoms with van der Waals surface area (Å²) in [6.07, 6.45) is 1.78. The standard InChI is InChI=1S/C8H14FNO3/c1-2-3-4-7(11)10-6(5-9)8(12)13/h6H,2-5H2,1H3,(H,10,11)(H,12,13)/t6-/m0/s1. The maximum Gasteiger partial charge on any atom is 0.328 e. The van der Waals surface area contributed by atoms with E-state index < -0.39 is 24.6 Å². The number of carboxylic acids is 1. The molecule has 0 aromatic heterocycles. The van der Waals surface area contributed by atoms with Crippen LogP contribution in [0.3, 0.4) is 0 Å². The normalized spacial score (nSPS) is 12.2. The van der Waals surface area contributed by atoms with E-state index in [2.05, 4.69) is 5.32 Å². The lowest BCUT2D eigenvalue weighted by atomic mass is 10.2. The van der Waals surface area contributed by atoms with Crippen molar-refractivity contribution in [1.29, 1.82) is 0 Å². The van der Waals surface area contributed by atoms with E-state index in [0.717, 1.165) is 6.42 Å². The highest BCUT2D eigenvalue weighted by Gasteiger charge is 2.18. The highest BCUT2D eigenvalue weighted by Crippen LogP contribution is 1.95. The van der Waals surface area contributed by atoms with E-state index in [1.165, 1.54) is 0 Å². The number of hydrogen-bond donors (Lipinski definition) is 2.